The summed E-state index contributed by atoms with van der Waals surface area (Å²) in [6, 6.07) is 6.91. The van der Waals surface area contributed by atoms with E-state index in [1.54, 1.807) is 6.07 Å². The molecule has 2 rings (SSSR count). The maximum Gasteiger partial charge on any atom is 0.123 e. The summed E-state index contributed by atoms with van der Waals surface area (Å²) < 4.78 is 13.2. The Labute approximate surface area is 101 Å². The van der Waals surface area contributed by atoms with Gasteiger partial charge in [0.05, 0.1) is 11.6 Å². The molecule has 0 amide bonds. The lowest BCUT2D eigenvalue weighted by Gasteiger charge is -2.32. The summed E-state index contributed by atoms with van der Waals surface area (Å²) in [5.74, 6) is -0.276. The monoisotopic (exact) mass is 233 g/mol. The van der Waals surface area contributed by atoms with Gasteiger partial charge in [-0.1, -0.05) is 0 Å². The first-order chi connectivity index (χ1) is 8.19. The number of halogens is 1. The third-order valence-corrected chi connectivity index (χ3v) is 3.03. The number of benzene rings is 1. The lowest BCUT2D eigenvalue weighted by atomic mass is 10.1. The molecule has 1 fully saturated rings. The van der Waals surface area contributed by atoms with E-state index in [-0.39, 0.29) is 5.82 Å². The molecule has 0 spiro atoms. The molecule has 17 heavy (non-hydrogen) atoms. The molecule has 1 N–H and O–H groups in total. The van der Waals surface area contributed by atoms with E-state index in [1.165, 1.54) is 12.1 Å². The molecule has 1 aliphatic heterocycles. The van der Waals surface area contributed by atoms with E-state index >= 15 is 0 Å². The van der Waals surface area contributed by atoms with Gasteiger partial charge in [-0.15, -0.1) is 0 Å². The topological polar surface area (TPSA) is 39.1 Å². The molecule has 1 aromatic rings. The Kier molecular flexibility index (Phi) is 3.72. The fraction of sp³-hybridized carbons (Fsp3) is 0.462. The number of hydrogen-bond donors (Lipinski definition) is 1. The minimum Gasteiger partial charge on any atom is -0.312 e. The fourth-order valence-electron chi connectivity index (χ4n) is 2.20. The van der Waals surface area contributed by atoms with E-state index in [0.29, 0.717) is 18.2 Å². The number of piperazine rings is 1. The molecule has 0 aliphatic carbocycles. The zero-order valence-corrected chi connectivity index (χ0v) is 9.91. The number of hydrogen-bond acceptors (Lipinski definition) is 3. The van der Waals surface area contributed by atoms with E-state index in [2.05, 4.69) is 23.2 Å². The molecule has 4 heteroatoms. The Morgan fingerprint density at radius 1 is 1.59 bits per heavy atom. The van der Waals surface area contributed by atoms with Crippen molar-refractivity contribution in [2.24, 2.45) is 0 Å². The van der Waals surface area contributed by atoms with Crippen LogP contribution in [0.25, 0.3) is 0 Å². The van der Waals surface area contributed by atoms with Crippen molar-refractivity contribution >= 4 is 0 Å². The Morgan fingerprint density at radius 2 is 2.41 bits per heavy atom. The molecule has 90 valence electrons. The molecular weight excluding hydrogens is 217 g/mol. The average Bonchev–Trinajstić information content (AvgIpc) is 2.29. The highest BCUT2D eigenvalue weighted by molar-refractivity contribution is 5.37. The van der Waals surface area contributed by atoms with Gasteiger partial charge in [0.25, 0.3) is 0 Å². The zero-order valence-electron chi connectivity index (χ0n) is 9.91. The van der Waals surface area contributed by atoms with Gasteiger partial charge < -0.3 is 5.32 Å². The second kappa shape index (κ2) is 5.26. The number of nitrogens with zero attached hydrogens (tertiary/aromatic N) is 2. The van der Waals surface area contributed by atoms with Crippen molar-refractivity contribution in [1.82, 2.24) is 10.2 Å². The third kappa shape index (κ3) is 3.02. The predicted octanol–water partition coefficient (Wildman–Crippen LogP) is 1.49. The van der Waals surface area contributed by atoms with E-state index in [0.717, 1.165) is 25.2 Å². The van der Waals surface area contributed by atoms with Gasteiger partial charge in [0.1, 0.15) is 5.82 Å². The molecule has 3 nitrogen and oxygen atoms in total. The smallest absolute Gasteiger partial charge is 0.123 e. The van der Waals surface area contributed by atoms with E-state index in [4.69, 9.17) is 5.26 Å². The van der Waals surface area contributed by atoms with E-state index in [1.807, 2.05) is 0 Å². The molecule has 0 aromatic heterocycles. The maximum absolute atomic E-state index is 13.2. The van der Waals surface area contributed by atoms with E-state index < -0.39 is 0 Å². The van der Waals surface area contributed by atoms with Crippen LogP contribution >= 0.6 is 0 Å². The first-order valence-corrected chi connectivity index (χ1v) is 5.83. The average molecular weight is 233 g/mol. The highest BCUT2D eigenvalue weighted by Gasteiger charge is 2.16. The van der Waals surface area contributed by atoms with Crippen LogP contribution in [0.15, 0.2) is 18.2 Å². The minimum atomic E-state index is -0.276. The van der Waals surface area contributed by atoms with Crippen LogP contribution in [0.2, 0.25) is 0 Å². The Hall–Kier alpha value is -1.44. The third-order valence-electron chi connectivity index (χ3n) is 3.03. The minimum absolute atomic E-state index is 0.276. The van der Waals surface area contributed by atoms with Crippen LogP contribution in [0, 0.1) is 17.1 Å². The van der Waals surface area contributed by atoms with Gasteiger partial charge in [-0.05, 0) is 30.7 Å². The molecule has 1 saturated heterocycles. The molecule has 0 bridgehead atoms. The second-order valence-corrected chi connectivity index (χ2v) is 4.50. The molecular formula is C13H16FN3. The molecule has 1 atom stereocenters. The summed E-state index contributed by atoms with van der Waals surface area (Å²) in [4.78, 5) is 2.25. The highest BCUT2D eigenvalue weighted by Crippen LogP contribution is 2.14. The maximum atomic E-state index is 13.2. The molecule has 0 radical (unpaired) electrons. The van der Waals surface area contributed by atoms with Gasteiger partial charge in [-0.2, -0.15) is 5.26 Å². The van der Waals surface area contributed by atoms with E-state index in [9.17, 15) is 4.39 Å². The predicted molar refractivity (Wildman–Crippen MR) is 63.9 cm³/mol. The van der Waals surface area contributed by atoms with Gasteiger partial charge in [0.2, 0.25) is 0 Å². The summed E-state index contributed by atoms with van der Waals surface area (Å²) in [5.41, 5.74) is 1.35. The van der Waals surface area contributed by atoms with Gasteiger partial charge in [-0.25, -0.2) is 4.39 Å². The van der Waals surface area contributed by atoms with Gasteiger partial charge in [-0.3, -0.25) is 4.90 Å². The number of rotatable bonds is 2. The summed E-state index contributed by atoms with van der Waals surface area (Å²) in [6.07, 6.45) is 0. The quantitative estimate of drug-likeness (QED) is 0.841. The number of nitrogens with one attached hydrogen (secondary N) is 1. The zero-order chi connectivity index (χ0) is 12.3. The summed E-state index contributed by atoms with van der Waals surface area (Å²) in [6.45, 7) is 5.58. The van der Waals surface area contributed by atoms with Gasteiger partial charge >= 0.3 is 0 Å². The van der Waals surface area contributed by atoms with Crippen LogP contribution in [0.4, 0.5) is 4.39 Å². The lowest BCUT2D eigenvalue weighted by Crippen LogP contribution is -2.48. The summed E-state index contributed by atoms with van der Waals surface area (Å²) in [7, 11) is 0. The van der Waals surface area contributed by atoms with Crippen LogP contribution in [0.1, 0.15) is 18.1 Å². The van der Waals surface area contributed by atoms with Crippen LogP contribution in [-0.2, 0) is 6.54 Å². The van der Waals surface area contributed by atoms with Crippen molar-refractivity contribution in [3.63, 3.8) is 0 Å². The first-order valence-electron chi connectivity index (χ1n) is 5.83. The van der Waals surface area contributed by atoms with Crippen LogP contribution in [0.3, 0.4) is 0 Å². The van der Waals surface area contributed by atoms with Crippen molar-refractivity contribution in [1.29, 1.82) is 5.26 Å². The Balaban J connectivity index is 2.12. The normalized spacial score (nSPS) is 21.1. The second-order valence-electron chi connectivity index (χ2n) is 4.50. The van der Waals surface area contributed by atoms with Crippen molar-refractivity contribution in [2.45, 2.75) is 19.5 Å². The summed E-state index contributed by atoms with van der Waals surface area (Å²) >= 11 is 0. The van der Waals surface area contributed by atoms with Crippen molar-refractivity contribution < 1.29 is 4.39 Å². The first kappa shape index (κ1) is 12.0. The largest absolute Gasteiger partial charge is 0.312 e. The molecule has 1 unspecified atom stereocenters. The molecule has 1 aliphatic rings. The molecule has 1 heterocycles. The van der Waals surface area contributed by atoms with Gasteiger partial charge in [0, 0.05) is 32.2 Å². The Bertz CT molecular complexity index is 439. The van der Waals surface area contributed by atoms with Crippen molar-refractivity contribution in [3.8, 4) is 6.07 Å². The summed E-state index contributed by atoms with van der Waals surface area (Å²) in [5, 5.41) is 12.3. The van der Waals surface area contributed by atoms with Crippen LogP contribution < -0.4 is 5.32 Å². The van der Waals surface area contributed by atoms with Gasteiger partial charge in [0.15, 0.2) is 0 Å². The lowest BCUT2D eigenvalue weighted by molar-refractivity contribution is 0.199. The molecule has 0 saturated carbocycles. The fourth-order valence-corrected chi connectivity index (χ4v) is 2.20. The molecule has 1 aromatic carbocycles. The SMILES string of the molecule is CC1CN(Cc2cc(F)ccc2C#N)CCN1. The van der Waals surface area contributed by atoms with Crippen LogP contribution in [-0.4, -0.2) is 30.6 Å². The Morgan fingerprint density at radius 3 is 3.12 bits per heavy atom. The highest BCUT2D eigenvalue weighted by atomic mass is 19.1. The van der Waals surface area contributed by atoms with Crippen molar-refractivity contribution in [2.75, 3.05) is 19.6 Å². The van der Waals surface area contributed by atoms with Crippen molar-refractivity contribution in [3.05, 3.63) is 35.1 Å². The van der Waals surface area contributed by atoms with Crippen LogP contribution in [0.5, 0.6) is 0 Å². The number of nitriles is 1. The standard InChI is InChI=1S/C13H16FN3/c1-10-8-17(5-4-16-10)9-12-6-13(14)3-2-11(12)7-15/h2-3,6,10,16H,4-5,8-9H2,1H3.